The van der Waals surface area contributed by atoms with Crippen molar-refractivity contribution in [2.75, 3.05) is 25.3 Å². The van der Waals surface area contributed by atoms with E-state index in [4.69, 9.17) is 21.1 Å². The fourth-order valence-electron chi connectivity index (χ4n) is 1.86. The van der Waals surface area contributed by atoms with Crippen LogP contribution in [0.5, 0.6) is 11.5 Å². The molecule has 0 aliphatic carbocycles. The second kappa shape index (κ2) is 8.21. The van der Waals surface area contributed by atoms with Gasteiger partial charge in [-0.25, -0.2) is 8.78 Å². The van der Waals surface area contributed by atoms with Crippen molar-refractivity contribution in [1.82, 2.24) is 0 Å². The van der Waals surface area contributed by atoms with Crippen LogP contribution in [0, 0.1) is 11.6 Å². The van der Waals surface area contributed by atoms with Crippen LogP contribution in [0.3, 0.4) is 0 Å². The number of carbonyl (C=O) groups is 1. The molecule has 0 aliphatic heterocycles. The van der Waals surface area contributed by atoms with Gasteiger partial charge < -0.3 is 14.8 Å². The Balaban J connectivity index is 2.05. The molecule has 2 aromatic rings. The molecule has 0 saturated heterocycles. The molecule has 2 aromatic carbocycles. The molecule has 0 radical (unpaired) electrons. The number of anilines is 1. The Kier molecular flexibility index (Phi) is 6.28. The van der Waals surface area contributed by atoms with E-state index >= 15 is 0 Å². The quantitative estimate of drug-likeness (QED) is 0.764. The van der Waals surface area contributed by atoms with Crippen molar-refractivity contribution in [3.05, 3.63) is 47.0 Å². The number of rotatable bonds is 6. The van der Waals surface area contributed by atoms with Crippen LogP contribution in [-0.4, -0.2) is 25.9 Å². The van der Waals surface area contributed by atoms with Gasteiger partial charge in [-0.05, 0) is 18.2 Å². The predicted octanol–water partition coefficient (Wildman–Crippen LogP) is 4.37. The van der Waals surface area contributed by atoms with Crippen molar-refractivity contribution in [1.29, 1.82) is 0 Å². The van der Waals surface area contributed by atoms with Crippen molar-refractivity contribution in [3.63, 3.8) is 0 Å². The number of ether oxygens (including phenoxy) is 2. The Morgan fingerprint density at radius 1 is 1.12 bits per heavy atom. The number of hydrogen-bond donors (Lipinski definition) is 1. The summed E-state index contributed by atoms with van der Waals surface area (Å²) in [6.07, 6.45) is 0. The van der Waals surface area contributed by atoms with Crippen LogP contribution in [0.2, 0.25) is 5.02 Å². The van der Waals surface area contributed by atoms with E-state index in [1.807, 2.05) is 0 Å². The molecule has 128 valence electrons. The van der Waals surface area contributed by atoms with Crippen LogP contribution < -0.4 is 14.8 Å². The third-order valence-corrected chi connectivity index (χ3v) is 4.30. The highest BCUT2D eigenvalue weighted by molar-refractivity contribution is 8.00. The van der Waals surface area contributed by atoms with E-state index in [-0.39, 0.29) is 11.7 Å². The summed E-state index contributed by atoms with van der Waals surface area (Å²) in [6.45, 7) is 0. The maximum Gasteiger partial charge on any atom is 0.234 e. The van der Waals surface area contributed by atoms with Gasteiger partial charge in [0.15, 0.2) is 11.6 Å². The summed E-state index contributed by atoms with van der Waals surface area (Å²) in [5.41, 5.74) is 0.398. The van der Waals surface area contributed by atoms with Gasteiger partial charge in [-0.2, -0.15) is 0 Å². The van der Waals surface area contributed by atoms with Crippen molar-refractivity contribution >= 4 is 35.0 Å². The second-order valence-electron chi connectivity index (χ2n) is 4.60. The SMILES string of the molecule is COc1cc(NC(=O)CSc2ccc(F)c(F)c2)c(OC)cc1Cl. The lowest BCUT2D eigenvalue weighted by Gasteiger charge is -2.13. The molecule has 0 spiro atoms. The lowest BCUT2D eigenvalue weighted by Crippen LogP contribution is -2.14. The zero-order valence-corrected chi connectivity index (χ0v) is 14.4. The number of thioether (sulfide) groups is 1. The molecule has 0 aliphatic rings. The maximum atomic E-state index is 13.1. The summed E-state index contributed by atoms with van der Waals surface area (Å²) in [7, 11) is 2.90. The first-order valence-electron chi connectivity index (χ1n) is 6.73. The number of nitrogens with one attached hydrogen (secondary N) is 1. The van der Waals surface area contributed by atoms with E-state index in [1.165, 1.54) is 26.4 Å². The zero-order valence-electron chi connectivity index (χ0n) is 12.9. The van der Waals surface area contributed by atoms with Crippen LogP contribution in [0.1, 0.15) is 0 Å². The predicted molar refractivity (Wildman–Crippen MR) is 90.3 cm³/mol. The highest BCUT2D eigenvalue weighted by Gasteiger charge is 2.13. The van der Waals surface area contributed by atoms with Gasteiger partial charge >= 0.3 is 0 Å². The van der Waals surface area contributed by atoms with Crippen LogP contribution >= 0.6 is 23.4 Å². The van der Waals surface area contributed by atoms with Gasteiger partial charge in [0.2, 0.25) is 5.91 Å². The number of methoxy groups -OCH3 is 2. The molecule has 0 saturated carbocycles. The number of amides is 1. The normalized spacial score (nSPS) is 10.4. The number of benzene rings is 2. The monoisotopic (exact) mass is 373 g/mol. The molecule has 0 atom stereocenters. The van der Waals surface area contributed by atoms with Gasteiger partial charge in [0.1, 0.15) is 11.5 Å². The summed E-state index contributed by atoms with van der Waals surface area (Å²) >= 11 is 7.08. The summed E-state index contributed by atoms with van der Waals surface area (Å²) in [6, 6.07) is 6.53. The van der Waals surface area contributed by atoms with Crippen molar-refractivity contribution in [2.24, 2.45) is 0 Å². The Morgan fingerprint density at radius 2 is 1.83 bits per heavy atom. The van der Waals surface area contributed by atoms with Gasteiger partial charge in [-0.3, -0.25) is 4.79 Å². The molecule has 1 amide bonds. The second-order valence-corrected chi connectivity index (χ2v) is 6.06. The summed E-state index contributed by atoms with van der Waals surface area (Å²) in [5.74, 6) is -1.44. The average Bonchev–Trinajstić information content (AvgIpc) is 2.57. The van der Waals surface area contributed by atoms with Crippen LogP contribution in [0.25, 0.3) is 0 Å². The molecule has 8 heteroatoms. The van der Waals surface area contributed by atoms with Gasteiger partial charge in [-0.15, -0.1) is 11.8 Å². The molecule has 1 N–H and O–H groups in total. The minimum Gasteiger partial charge on any atom is -0.495 e. The highest BCUT2D eigenvalue weighted by atomic mass is 35.5. The van der Waals surface area contributed by atoms with Crippen molar-refractivity contribution in [2.45, 2.75) is 4.90 Å². The van der Waals surface area contributed by atoms with Crippen LogP contribution in [0.15, 0.2) is 35.2 Å². The first-order valence-corrected chi connectivity index (χ1v) is 8.10. The van der Waals surface area contributed by atoms with Gasteiger partial charge in [0.25, 0.3) is 0 Å². The van der Waals surface area contributed by atoms with E-state index in [0.717, 1.165) is 23.9 Å². The van der Waals surface area contributed by atoms with Crippen LogP contribution in [0.4, 0.5) is 14.5 Å². The van der Waals surface area contributed by atoms with E-state index in [2.05, 4.69) is 5.32 Å². The molecular formula is C16H14ClF2NO3S. The summed E-state index contributed by atoms with van der Waals surface area (Å²) < 4.78 is 36.3. The van der Waals surface area contributed by atoms with Crippen molar-refractivity contribution < 1.29 is 23.0 Å². The zero-order chi connectivity index (χ0) is 17.7. The molecule has 24 heavy (non-hydrogen) atoms. The minimum atomic E-state index is -0.954. The Morgan fingerprint density at radius 3 is 2.46 bits per heavy atom. The topological polar surface area (TPSA) is 47.6 Å². The first kappa shape index (κ1) is 18.4. The highest BCUT2D eigenvalue weighted by Crippen LogP contribution is 2.36. The van der Waals surface area contributed by atoms with E-state index < -0.39 is 11.6 Å². The first-order chi connectivity index (χ1) is 11.4. The van der Waals surface area contributed by atoms with Crippen molar-refractivity contribution in [3.8, 4) is 11.5 Å². The molecule has 0 bridgehead atoms. The third-order valence-electron chi connectivity index (χ3n) is 3.01. The minimum absolute atomic E-state index is 0.0131. The van der Waals surface area contributed by atoms with Gasteiger partial charge in [0, 0.05) is 17.0 Å². The molecule has 0 heterocycles. The molecule has 2 rings (SSSR count). The number of halogens is 3. The molecular weight excluding hydrogens is 360 g/mol. The Hall–Kier alpha value is -1.99. The molecule has 0 unspecified atom stereocenters. The lowest BCUT2D eigenvalue weighted by molar-refractivity contribution is -0.113. The third kappa shape index (κ3) is 4.52. The Labute approximate surface area is 147 Å². The molecule has 0 aromatic heterocycles. The lowest BCUT2D eigenvalue weighted by atomic mass is 10.2. The van der Waals surface area contributed by atoms with Gasteiger partial charge in [-0.1, -0.05) is 11.6 Å². The molecule has 0 fully saturated rings. The van der Waals surface area contributed by atoms with E-state index in [0.29, 0.717) is 27.1 Å². The van der Waals surface area contributed by atoms with E-state index in [9.17, 15) is 13.6 Å². The van der Waals surface area contributed by atoms with Crippen LogP contribution in [-0.2, 0) is 4.79 Å². The number of hydrogen-bond acceptors (Lipinski definition) is 4. The van der Waals surface area contributed by atoms with E-state index in [1.54, 1.807) is 6.07 Å². The summed E-state index contributed by atoms with van der Waals surface area (Å²) in [5, 5.41) is 3.02. The average molecular weight is 374 g/mol. The maximum absolute atomic E-state index is 13.1. The largest absolute Gasteiger partial charge is 0.495 e. The fourth-order valence-corrected chi connectivity index (χ4v) is 2.81. The van der Waals surface area contributed by atoms with Gasteiger partial charge in [0.05, 0.1) is 30.7 Å². The standard InChI is InChI=1S/C16H14ClF2NO3S/c1-22-14-7-13(15(23-2)6-10(14)17)20-16(21)8-24-9-3-4-11(18)12(19)5-9/h3-7H,8H2,1-2H3,(H,20,21). The Bertz CT molecular complexity index is 758. The summed E-state index contributed by atoms with van der Waals surface area (Å²) in [4.78, 5) is 12.5. The fraction of sp³-hybridized carbons (Fsp3) is 0.188. The number of carbonyl (C=O) groups excluding carboxylic acids is 1. The molecule has 4 nitrogen and oxygen atoms in total. The smallest absolute Gasteiger partial charge is 0.234 e.